The molecule has 1 unspecified atom stereocenters. The Labute approximate surface area is 77.1 Å². The number of benzene rings is 1. The molecule has 0 radical (unpaired) electrons. The maximum Gasteiger partial charge on any atom is 0.245 e. The van der Waals surface area contributed by atoms with Crippen molar-refractivity contribution in [1.82, 2.24) is 0 Å². The number of rotatable bonds is 1. The van der Waals surface area contributed by atoms with Crippen LogP contribution in [0.4, 0.5) is 5.69 Å². The molecule has 2 N–H and O–H groups in total. The van der Waals surface area contributed by atoms with E-state index in [-0.39, 0.29) is 11.9 Å². The van der Waals surface area contributed by atoms with E-state index < -0.39 is 0 Å². The lowest BCUT2D eigenvalue weighted by Gasteiger charge is -2.36. The fourth-order valence-corrected chi connectivity index (χ4v) is 1.48. The zero-order valence-corrected chi connectivity index (χ0v) is 7.53. The minimum Gasteiger partial charge on any atom is -0.318 e. The third-order valence-corrected chi connectivity index (χ3v) is 2.28. The number of anilines is 1. The first-order chi connectivity index (χ1) is 6.18. The Bertz CT molecular complexity index is 349. The third kappa shape index (κ3) is 1.31. The Morgan fingerprint density at radius 2 is 2.31 bits per heavy atom. The summed E-state index contributed by atoms with van der Waals surface area (Å²) in [5, 5.41) is 0. The van der Waals surface area contributed by atoms with Crippen LogP contribution in [0.5, 0.6) is 0 Å². The van der Waals surface area contributed by atoms with Crippen LogP contribution < -0.4 is 10.6 Å². The van der Waals surface area contributed by atoms with Gasteiger partial charge in [-0.05, 0) is 24.6 Å². The van der Waals surface area contributed by atoms with Gasteiger partial charge in [-0.25, -0.2) is 0 Å². The van der Waals surface area contributed by atoms with Gasteiger partial charge in [0.05, 0.1) is 6.54 Å². The Morgan fingerprint density at radius 1 is 1.54 bits per heavy atom. The van der Waals surface area contributed by atoms with Crippen LogP contribution in [0.3, 0.4) is 0 Å². The van der Waals surface area contributed by atoms with Crippen LogP contribution in [0.2, 0.25) is 0 Å². The molecule has 1 saturated heterocycles. The lowest BCUT2D eigenvalue weighted by atomic mass is 10.1. The molecule has 3 nitrogen and oxygen atoms in total. The van der Waals surface area contributed by atoms with E-state index in [1.807, 2.05) is 31.2 Å². The normalized spacial score (nSPS) is 21.5. The fourth-order valence-electron chi connectivity index (χ4n) is 1.48. The molecule has 0 aromatic heterocycles. The van der Waals surface area contributed by atoms with Gasteiger partial charge in [-0.3, -0.25) is 4.79 Å². The topological polar surface area (TPSA) is 46.3 Å². The molecule has 2 rings (SSSR count). The number of carbonyl (C=O) groups is 1. The third-order valence-electron chi connectivity index (χ3n) is 2.28. The quantitative estimate of drug-likeness (QED) is 0.639. The molecule has 0 aliphatic carbocycles. The molecule has 1 fully saturated rings. The van der Waals surface area contributed by atoms with Crippen molar-refractivity contribution < 1.29 is 4.79 Å². The zero-order valence-electron chi connectivity index (χ0n) is 7.53. The number of hydrogen-bond donors (Lipinski definition) is 1. The van der Waals surface area contributed by atoms with Crippen LogP contribution in [0.15, 0.2) is 24.3 Å². The van der Waals surface area contributed by atoms with Gasteiger partial charge in [0.15, 0.2) is 0 Å². The number of nitrogens with two attached hydrogens (primary N) is 1. The number of aryl methyl sites for hydroxylation is 1. The summed E-state index contributed by atoms with van der Waals surface area (Å²) in [6.45, 7) is 2.65. The van der Waals surface area contributed by atoms with Crippen molar-refractivity contribution >= 4 is 11.6 Å². The maximum absolute atomic E-state index is 11.3. The maximum atomic E-state index is 11.3. The number of hydrogen-bond acceptors (Lipinski definition) is 2. The molecule has 1 amide bonds. The molecule has 3 heteroatoms. The first-order valence-corrected chi connectivity index (χ1v) is 4.32. The lowest BCUT2D eigenvalue weighted by Crippen LogP contribution is -2.61. The molecule has 0 spiro atoms. The summed E-state index contributed by atoms with van der Waals surface area (Å²) < 4.78 is 0. The number of carbonyl (C=O) groups excluding carboxylic acids is 1. The second-order valence-electron chi connectivity index (χ2n) is 3.39. The van der Waals surface area contributed by atoms with Gasteiger partial charge in [-0.1, -0.05) is 12.1 Å². The predicted molar refractivity (Wildman–Crippen MR) is 51.5 cm³/mol. The highest BCUT2D eigenvalue weighted by molar-refractivity contribution is 6.03. The molecule has 0 bridgehead atoms. The summed E-state index contributed by atoms with van der Waals surface area (Å²) in [6, 6.07) is 7.58. The van der Waals surface area contributed by atoms with Crippen molar-refractivity contribution in [2.45, 2.75) is 13.0 Å². The van der Waals surface area contributed by atoms with E-state index in [0.29, 0.717) is 6.54 Å². The molecular formula is C10H12N2O. The van der Waals surface area contributed by atoms with Crippen molar-refractivity contribution in [3.63, 3.8) is 0 Å². The van der Waals surface area contributed by atoms with Crippen LogP contribution in [0, 0.1) is 6.92 Å². The minimum atomic E-state index is -0.291. The standard InChI is InChI=1S/C10H12N2O/c1-7-3-2-4-8(5-7)12-6-9(11)10(12)13/h2-5,9H,6,11H2,1H3. The fraction of sp³-hybridized carbons (Fsp3) is 0.300. The second-order valence-corrected chi connectivity index (χ2v) is 3.39. The molecule has 1 heterocycles. The second kappa shape index (κ2) is 2.85. The Hall–Kier alpha value is -1.35. The van der Waals surface area contributed by atoms with E-state index in [9.17, 15) is 4.79 Å². The summed E-state index contributed by atoms with van der Waals surface area (Å²) >= 11 is 0. The molecule has 1 atom stereocenters. The van der Waals surface area contributed by atoms with E-state index in [4.69, 9.17) is 5.73 Å². The van der Waals surface area contributed by atoms with Crippen molar-refractivity contribution in [2.24, 2.45) is 5.73 Å². The highest BCUT2D eigenvalue weighted by Crippen LogP contribution is 2.21. The molecule has 1 aliphatic heterocycles. The average molecular weight is 176 g/mol. The monoisotopic (exact) mass is 176 g/mol. The van der Waals surface area contributed by atoms with Gasteiger partial charge < -0.3 is 10.6 Å². The molecular weight excluding hydrogens is 164 g/mol. The van der Waals surface area contributed by atoms with E-state index in [0.717, 1.165) is 11.3 Å². The molecule has 13 heavy (non-hydrogen) atoms. The van der Waals surface area contributed by atoms with Gasteiger partial charge in [0.2, 0.25) is 5.91 Å². The van der Waals surface area contributed by atoms with Gasteiger partial charge in [0.25, 0.3) is 0 Å². The van der Waals surface area contributed by atoms with E-state index in [2.05, 4.69) is 0 Å². The number of amides is 1. The Balaban J connectivity index is 2.23. The highest BCUT2D eigenvalue weighted by Gasteiger charge is 2.34. The number of β-lactam (4-membered cyclic amide) rings is 1. The van der Waals surface area contributed by atoms with Crippen LogP contribution in [-0.4, -0.2) is 18.5 Å². The lowest BCUT2D eigenvalue weighted by molar-refractivity contribution is -0.123. The van der Waals surface area contributed by atoms with Crippen LogP contribution in [0.25, 0.3) is 0 Å². The molecule has 1 aliphatic rings. The summed E-state index contributed by atoms with van der Waals surface area (Å²) in [7, 11) is 0. The van der Waals surface area contributed by atoms with E-state index in [1.54, 1.807) is 4.90 Å². The van der Waals surface area contributed by atoms with Crippen LogP contribution in [0.1, 0.15) is 5.56 Å². The zero-order chi connectivity index (χ0) is 9.42. The SMILES string of the molecule is Cc1cccc(N2CC(N)C2=O)c1. The average Bonchev–Trinajstić information content (AvgIpc) is 2.13. The van der Waals surface area contributed by atoms with Gasteiger partial charge in [0.1, 0.15) is 6.04 Å². The van der Waals surface area contributed by atoms with Crippen molar-refractivity contribution in [3.05, 3.63) is 29.8 Å². The Morgan fingerprint density at radius 3 is 2.85 bits per heavy atom. The molecule has 68 valence electrons. The summed E-state index contributed by atoms with van der Waals surface area (Å²) in [5.41, 5.74) is 7.61. The molecule has 1 aromatic rings. The molecule has 0 saturated carbocycles. The van der Waals surface area contributed by atoms with E-state index in [1.165, 1.54) is 0 Å². The largest absolute Gasteiger partial charge is 0.318 e. The predicted octanol–water partition coefficient (Wildman–Crippen LogP) is 0.669. The summed E-state index contributed by atoms with van der Waals surface area (Å²) in [4.78, 5) is 13.0. The summed E-state index contributed by atoms with van der Waals surface area (Å²) in [5.74, 6) is 0.0191. The van der Waals surface area contributed by atoms with Gasteiger partial charge in [-0.15, -0.1) is 0 Å². The summed E-state index contributed by atoms with van der Waals surface area (Å²) in [6.07, 6.45) is 0. The van der Waals surface area contributed by atoms with Crippen molar-refractivity contribution in [1.29, 1.82) is 0 Å². The molecule has 1 aromatic carbocycles. The van der Waals surface area contributed by atoms with Crippen LogP contribution >= 0.6 is 0 Å². The first-order valence-electron chi connectivity index (χ1n) is 4.32. The highest BCUT2D eigenvalue weighted by atomic mass is 16.2. The smallest absolute Gasteiger partial charge is 0.245 e. The van der Waals surface area contributed by atoms with Gasteiger partial charge >= 0.3 is 0 Å². The first kappa shape index (κ1) is 8.26. The number of nitrogens with zero attached hydrogens (tertiary/aromatic N) is 1. The Kier molecular flexibility index (Phi) is 1.81. The van der Waals surface area contributed by atoms with Crippen LogP contribution in [-0.2, 0) is 4.79 Å². The van der Waals surface area contributed by atoms with Crippen molar-refractivity contribution in [3.8, 4) is 0 Å². The van der Waals surface area contributed by atoms with Gasteiger partial charge in [-0.2, -0.15) is 0 Å². The van der Waals surface area contributed by atoms with Crippen molar-refractivity contribution in [2.75, 3.05) is 11.4 Å². The van der Waals surface area contributed by atoms with E-state index >= 15 is 0 Å². The minimum absolute atomic E-state index is 0.0191. The van der Waals surface area contributed by atoms with Gasteiger partial charge in [0, 0.05) is 5.69 Å².